The minimum Gasteiger partial charge on any atom is -0.457 e. The van der Waals surface area contributed by atoms with E-state index in [9.17, 15) is 4.79 Å². The van der Waals surface area contributed by atoms with E-state index in [1.807, 2.05) is 0 Å². The van der Waals surface area contributed by atoms with Crippen molar-refractivity contribution in [3.8, 4) is 23.7 Å². The first kappa shape index (κ1) is 16.5. The predicted molar refractivity (Wildman–Crippen MR) is 88.0 cm³/mol. The van der Waals surface area contributed by atoms with E-state index in [0.29, 0.717) is 32.2 Å². The van der Waals surface area contributed by atoms with Crippen molar-refractivity contribution in [2.45, 2.75) is 0 Å². The zero-order valence-electron chi connectivity index (χ0n) is 11.1. The van der Waals surface area contributed by atoms with Crippen LogP contribution in [0.2, 0.25) is 15.1 Å². The summed E-state index contributed by atoms with van der Waals surface area (Å²) in [4.78, 5) is 11.3. The highest BCUT2D eigenvalue weighted by Crippen LogP contribution is 2.36. The second-order valence-electron chi connectivity index (χ2n) is 4.09. The lowest BCUT2D eigenvalue weighted by Gasteiger charge is -2.03. The van der Waals surface area contributed by atoms with E-state index >= 15 is 0 Å². The highest BCUT2D eigenvalue weighted by molar-refractivity contribution is 6.44. The first-order chi connectivity index (χ1) is 10.5. The predicted octanol–water partition coefficient (Wildman–Crippen LogP) is 5.10. The van der Waals surface area contributed by atoms with Crippen molar-refractivity contribution in [2.75, 3.05) is 6.61 Å². The van der Waals surface area contributed by atoms with Gasteiger partial charge in [0.25, 0.3) is 0 Å². The Balaban J connectivity index is 2.19. The number of benzene rings is 1. The Morgan fingerprint density at radius 2 is 1.95 bits per heavy atom. The number of hydrogen-bond donors (Lipinski definition) is 0. The third-order valence-corrected chi connectivity index (χ3v) is 3.62. The fourth-order valence-electron chi connectivity index (χ4n) is 1.61. The van der Waals surface area contributed by atoms with E-state index in [0.717, 1.165) is 0 Å². The number of halogens is 3. The first-order valence-electron chi connectivity index (χ1n) is 6.04. The molecule has 1 aromatic carbocycles. The van der Waals surface area contributed by atoms with Gasteiger partial charge in [0.2, 0.25) is 0 Å². The Hall–Kier alpha value is -1.86. The van der Waals surface area contributed by atoms with Crippen LogP contribution in [-0.2, 0) is 9.53 Å². The van der Waals surface area contributed by atoms with Crippen molar-refractivity contribution in [1.29, 1.82) is 0 Å². The second kappa shape index (κ2) is 7.42. The molecular formula is C16H9Cl3O3. The summed E-state index contributed by atoms with van der Waals surface area (Å²) in [5.74, 6) is 2.60. The van der Waals surface area contributed by atoms with Gasteiger partial charge >= 0.3 is 5.97 Å². The van der Waals surface area contributed by atoms with Crippen LogP contribution < -0.4 is 0 Å². The molecule has 0 atom stereocenters. The lowest BCUT2D eigenvalue weighted by molar-refractivity contribution is -0.136. The molecule has 0 aliphatic heterocycles. The SMILES string of the molecule is C#CCOC(=O)/C=C/c1ccc(-c2cc(Cl)c(Cl)cc2Cl)o1. The highest BCUT2D eigenvalue weighted by Gasteiger charge is 2.11. The summed E-state index contributed by atoms with van der Waals surface area (Å²) in [6.07, 6.45) is 7.67. The molecule has 0 saturated heterocycles. The summed E-state index contributed by atoms with van der Waals surface area (Å²) in [6, 6.07) is 6.53. The molecule has 22 heavy (non-hydrogen) atoms. The van der Waals surface area contributed by atoms with Gasteiger partial charge in [0, 0.05) is 11.6 Å². The van der Waals surface area contributed by atoms with E-state index in [2.05, 4.69) is 5.92 Å². The largest absolute Gasteiger partial charge is 0.457 e. The van der Waals surface area contributed by atoms with E-state index < -0.39 is 5.97 Å². The van der Waals surface area contributed by atoms with Crippen LogP contribution in [0.1, 0.15) is 5.76 Å². The van der Waals surface area contributed by atoms with E-state index in [4.69, 9.17) is 50.4 Å². The summed E-state index contributed by atoms with van der Waals surface area (Å²) in [7, 11) is 0. The Kier molecular flexibility index (Phi) is 5.57. The van der Waals surface area contributed by atoms with Gasteiger partial charge < -0.3 is 9.15 Å². The standard InChI is InChI=1S/C16H9Cl3O3/c1-2-7-21-16(20)6-4-10-3-5-15(22-10)11-8-13(18)14(19)9-12(11)17/h1,3-6,8-9H,7H2/b6-4+. The molecule has 0 spiro atoms. The van der Waals surface area contributed by atoms with Crippen LogP contribution in [-0.4, -0.2) is 12.6 Å². The van der Waals surface area contributed by atoms with Crippen molar-refractivity contribution >= 4 is 46.8 Å². The topological polar surface area (TPSA) is 39.4 Å². The molecule has 112 valence electrons. The van der Waals surface area contributed by atoms with E-state index in [1.54, 1.807) is 18.2 Å². The van der Waals surface area contributed by atoms with E-state index in [1.165, 1.54) is 18.2 Å². The van der Waals surface area contributed by atoms with Gasteiger partial charge in [-0.3, -0.25) is 0 Å². The maximum absolute atomic E-state index is 11.3. The minimum absolute atomic E-state index is 0.0779. The molecule has 0 saturated carbocycles. The van der Waals surface area contributed by atoms with Crippen LogP contribution in [0.4, 0.5) is 0 Å². The van der Waals surface area contributed by atoms with Crippen molar-refractivity contribution in [3.63, 3.8) is 0 Å². The van der Waals surface area contributed by atoms with Crippen LogP contribution in [0.15, 0.2) is 34.8 Å². The van der Waals surface area contributed by atoms with Crippen LogP contribution in [0.3, 0.4) is 0 Å². The van der Waals surface area contributed by atoms with Gasteiger partial charge in [0.15, 0.2) is 6.61 Å². The summed E-state index contributed by atoms with van der Waals surface area (Å²) < 4.78 is 10.3. The molecule has 0 radical (unpaired) electrons. The number of furan rings is 1. The highest BCUT2D eigenvalue weighted by atomic mass is 35.5. The van der Waals surface area contributed by atoms with Crippen molar-refractivity contribution < 1.29 is 13.9 Å². The van der Waals surface area contributed by atoms with Crippen LogP contribution in [0, 0.1) is 12.3 Å². The second-order valence-corrected chi connectivity index (χ2v) is 5.31. The number of rotatable bonds is 4. The molecule has 0 aliphatic carbocycles. The van der Waals surface area contributed by atoms with Crippen molar-refractivity contribution in [3.05, 3.63) is 51.2 Å². The van der Waals surface area contributed by atoms with Gasteiger partial charge in [-0.1, -0.05) is 40.7 Å². The summed E-state index contributed by atoms with van der Waals surface area (Å²) in [5.41, 5.74) is 0.602. The monoisotopic (exact) mass is 354 g/mol. The molecular weight excluding hydrogens is 347 g/mol. The fourth-order valence-corrected chi connectivity index (χ4v) is 2.25. The normalized spacial score (nSPS) is 10.6. The van der Waals surface area contributed by atoms with Gasteiger partial charge in [-0.15, -0.1) is 6.42 Å². The van der Waals surface area contributed by atoms with E-state index in [-0.39, 0.29) is 6.61 Å². The average molecular weight is 356 g/mol. The molecule has 1 heterocycles. The van der Waals surface area contributed by atoms with Crippen LogP contribution >= 0.6 is 34.8 Å². The molecule has 2 aromatic rings. The van der Waals surface area contributed by atoms with Crippen molar-refractivity contribution in [1.82, 2.24) is 0 Å². The molecule has 1 aromatic heterocycles. The fraction of sp³-hybridized carbons (Fsp3) is 0.0625. The Morgan fingerprint density at radius 1 is 1.23 bits per heavy atom. The maximum Gasteiger partial charge on any atom is 0.331 e. The molecule has 0 bridgehead atoms. The molecule has 6 heteroatoms. The third kappa shape index (κ3) is 4.08. The van der Waals surface area contributed by atoms with Gasteiger partial charge in [-0.05, 0) is 30.3 Å². The lowest BCUT2D eigenvalue weighted by Crippen LogP contribution is -1.99. The van der Waals surface area contributed by atoms with Gasteiger partial charge in [-0.2, -0.15) is 0 Å². The number of carbonyl (C=O) groups excluding carboxylic acids is 1. The van der Waals surface area contributed by atoms with Gasteiger partial charge in [0.1, 0.15) is 11.5 Å². The average Bonchev–Trinajstić information content (AvgIpc) is 2.95. The molecule has 0 fully saturated rings. The molecule has 3 nitrogen and oxygen atoms in total. The Labute approximate surface area is 142 Å². The first-order valence-corrected chi connectivity index (χ1v) is 7.17. The van der Waals surface area contributed by atoms with Gasteiger partial charge in [0.05, 0.1) is 15.1 Å². The smallest absolute Gasteiger partial charge is 0.331 e. The Bertz CT molecular complexity index is 769. The van der Waals surface area contributed by atoms with Crippen LogP contribution in [0.25, 0.3) is 17.4 Å². The quantitative estimate of drug-likeness (QED) is 0.332. The lowest BCUT2D eigenvalue weighted by atomic mass is 10.2. The number of terminal acetylenes is 1. The number of ether oxygens (including phenoxy) is 1. The van der Waals surface area contributed by atoms with Crippen LogP contribution in [0.5, 0.6) is 0 Å². The zero-order valence-corrected chi connectivity index (χ0v) is 13.4. The van der Waals surface area contributed by atoms with Gasteiger partial charge in [-0.25, -0.2) is 4.79 Å². The number of carbonyl (C=O) groups is 1. The molecule has 0 N–H and O–H groups in total. The minimum atomic E-state index is -0.552. The molecule has 2 rings (SSSR count). The summed E-state index contributed by atoms with van der Waals surface area (Å²) >= 11 is 18.0. The van der Waals surface area contributed by atoms with Crippen molar-refractivity contribution in [2.24, 2.45) is 0 Å². The summed E-state index contributed by atoms with van der Waals surface area (Å²) in [5, 5.41) is 1.14. The maximum atomic E-state index is 11.3. The molecule has 0 amide bonds. The molecule has 0 aliphatic rings. The Morgan fingerprint density at radius 3 is 2.68 bits per heavy atom. The number of esters is 1. The third-order valence-electron chi connectivity index (χ3n) is 2.58. The zero-order chi connectivity index (χ0) is 16.1. The number of hydrogen-bond acceptors (Lipinski definition) is 3. The molecule has 0 unspecified atom stereocenters. The summed E-state index contributed by atoms with van der Waals surface area (Å²) in [6.45, 7) is -0.0779.